The van der Waals surface area contributed by atoms with Gasteiger partial charge in [0.25, 0.3) is 0 Å². The van der Waals surface area contributed by atoms with Gasteiger partial charge in [-0.3, -0.25) is 0 Å². The van der Waals surface area contributed by atoms with Crippen LogP contribution in [0.4, 0.5) is 0 Å². The third-order valence-electron chi connectivity index (χ3n) is 2.22. The van der Waals surface area contributed by atoms with Crippen molar-refractivity contribution in [3.8, 4) is 0 Å². The zero-order valence-corrected chi connectivity index (χ0v) is 12.7. The molecule has 0 unspecified atom stereocenters. The van der Waals surface area contributed by atoms with Crippen molar-refractivity contribution < 1.29 is 8.42 Å². The van der Waals surface area contributed by atoms with Gasteiger partial charge in [0.05, 0.1) is 5.41 Å². The van der Waals surface area contributed by atoms with E-state index in [1.165, 1.54) is 11.7 Å². The largest absolute Gasteiger partial charge is 0.371 e. The molecule has 0 spiro atoms. The third kappa shape index (κ3) is 10.2. The molecule has 0 aliphatic heterocycles. The summed E-state index contributed by atoms with van der Waals surface area (Å²) in [6.45, 7) is 7.39. The molecule has 0 aromatic heterocycles. The van der Waals surface area contributed by atoms with Gasteiger partial charge in [-0.05, 0) is 18.3 Å². The molecule has 1 N–H and O–H groups in total. The molecule has 0 fully saturated rings. The minimum atomic E-state index is -3.10. The SMILES string of the molecule is CN(C)/C(=C\S(C)(=O)=O)NCCCC(C)(C)C. The van der Waals surface area contributed by atoms with Crippen LogP contribution in [0.15, 0.2) is 11.2 Å². The highest BCUT2D eigenvalue weighted by Gasteiger charge is 2.10. The Morgan fingerprint density at radius 2 is 1.82 bits per heavy atom. The summed E-state index contributed by atoms with van der Waals surface area (Å²) in [7, 11) is 0.554. The molecule has 0 aliphatic rings. The number of hydrogen-bond acceptors (Lipinski definition) is 4. The zero-order chi connectivity index (χ0) is 13.7. The molecule has 0 saturated carbocycles. The highest BCUT2D eigenvalue weighted by Crippen LogP contribution is 2.19. The van der Waals surface area contributed by atoms with Crippen LogP contribution in [0.5, 0.6) is 0 Å². The average molecular weight is 262 g/mol. The van der Waals surface area contributed by atoms with Gasteiger partial charge in [-0.1, -0.05) is 20.8 Å². The van der Waals surface area contributed by atoms with Crippen molar-refractivity contribution in [1.29, 1.82) is 0 Å². The van der Waals surface area contributed by atoms with Crippen molar-refractivity contribution in [3.63, 3.8) is 0 Å². The maximum Gasteiger partial charge on any atom is 0.172 e. The van der Waals surface area contributed by atoms with Gasteiger partial charge < -0.3 is 10.2 Å². The van der Waals surface area contributed by atoms with E-state index in [0.717, 1.165) is 19.4 Å². The van der Waals surface area contributed by atoms with E-state index < -0.39 is 9.84 Å². The number of sulfone groups is 1. The Bertz CT molecular complexity index is 351. The first-order chi connectivity index (χ1) is 7.51. The minimum Gasteiger partial charge on any atom is -0.371 e. The monoisotopic (exact) mass is 262 g/mol. The molecule has 0 bridgehead atoms. The smallest absolute Gasteiger partial charge is 0.172 e. The second kappa shape index (κ2) is 6.28. The van der Waals surface area contributed by atoms with E-state index in [-0.39, 0.29) is 0 Å². The van der Waals surface area contributed by atoms with Crippen molar-refractivity contribution >= 4 is 9.84 Å². The van der Waals surface area contributed by atoms with Gasteiger partial charge in [0.15, 0.2) is 9.84 Å². The summed E-state index contributed by atoms with van der Waals surface area (Å²) in [5.41, 5.74) is 0.320. The maximum atomic E-state index is 11.2. The average Bonchev–Trinajstić information content (AvgIpc) is 2.06. The molecule has 0 saturated heterocycles. The molecule has 0 aliphatic carbocycles. The maximum absolute atomic E-state index is 11.2. The van der Waals surface area contributed by atoms with Crippen LogP contribution in [0.3, 0.4) is 0 Å². The van der Waals surface area contributed by atoms with E-state index in [9.17, 15) is 8.42 Å². The van der Waals surface area contributed by atoms with Crippen LogP contribution < -0.4 is 5.32 Å². The van der Waals surface area contributed by atoms with Crippen LogP contribution in [-0.4, -0.2) is 40.2 Å². The lowest BCUT2D eigenvalue weighted by atomic mass is 9.91. The Morgan fingerprint density at radius 3 is 2.18 bits per heavy atom. The fourth-order valence-electron chi connectivity index (χ4n) is 1.34. The summed E-state index contributed by atoms with van der Waals surface area (Å²) < 4.78 is 22.4. The molecule has 0 rings (SSSR count). The third-order valence-corrected chi connectivity index (χ3v) is 2.87. The summed E-state index contributed by atoms with van der Waals surface area (Å²) in [6, 6.07) is 0. The predicted octanol–water partition coefficient (Wildman–Crippen LogP) is 1.81. The quantitative estimate of drug-likeness (QED) is 0.742. The Hall–Kier alpha value is -0.710. The van der Waals surface area contributed by atoms with E-state index in [4.69, 9.17) is 0 Å². The predicted molar refractivity (Wildman–Crippen MR) is 73.3 cm³/mol. The lowest BCUT2D eigenvalue weighted by Gasteiger charge is -2.21. The molecule has 0 aromatic rings. The summed E-state index contributed by atoms with van der Waals surface area (Å²) in [5.74, 6) is 0.640. The topological polar surface area (TPSA) is 49.4 Å². The standard InChI is InChI=1S/C12H26N2O2S/c1-12(2,3)8-7-9-13-11(14(4)5)10-17(6,15)16/h10,13H,7-9H2,1-6H3/b11-10-. The van der Waals surface area contributed by atoms with Gasteiger partial charge in [-0.25, -0.2) is 8.42 Å². The van der Waals surface area contributed by atoms with Crippen molar-refractivity contribution in [3.05, 3.63) is 11.2 Å². The first kappa shape index (κ1) is 16.3. The van der Waals surface area contributed by atoms with E-state index in [1.807, 2.05) is 14.1 Å². The van der Waals surface area contributed by atoms with Crippen molar-refractivity contribution in [2.24, 2.45) is 5.41 Å². The van der Waals surface area contributed by atoms with Crippen LogP contribution in [0.25, 0.3) is 0 Å². The van der Waals surface area contributed by atoms with Gasteiger partial charge in [0, 0.05) is 26.9 Å². The fraction of sp³-hybridized carbons (Fsp3) is 0.833. The Labute approximate surface area is 106 Å². The molecule has 0 aromatic carbocycles. The lowest BCUT2D eigenvalue weighted by Crippen LogP contribution is -2.27. The second-order valence-corrected chi connectivity index (χ2v) is 7.71. The van der Waals surface area contributed by atoms with Crippen LogP contribution in [-0.2, 0) is 9.84 Å². The van der Waals surface area contributed by atoms with Crippen LogP contribution >= 0.6 is 0 Å². The molecular weight excluding hydrogens is 236 g/mol. The van der Waals surface area contributed by atoms with Crippen molar-refractivity contribution in [2.75, 3.05) is 26.9 Å². The van der Waals surface area contributed by atoms with Crippen LogP contribution in [0, 0.1) is 5.41 Å². The van der Waals surface area contributed by atoms with Crippen LogP contribution in [0.1, 0.15) is 33.6 Å². The second-order valence-electron chi connectivity index (χ2n) is 5.82. The summed E-state index contributed by atoms with van der Waals surface area (Å²) >= 11 is 0. The highest BCUT2D eigenvalue weighted by molar-refractivity contribution is 7.93. The van der Waals surface area contributed by atoms with E-state index >= 15 is 0 Å². The van der Waals surface area contributed by atoms with E-state index in [0.29, 0.717) is 11.2 Å². The molecule has 0 amide bonds. The number of nitrogens with zero attached hydrogens (tertiary/aromatic N) is 1. The normalized spacial score (nSPS) is 13.6. The minimum absolute atomic E-state index is 0.320. The Balaban J connectivity index is 4.28. The first-order valence-corrected chi connectivity index (χ1v) is 7.80. The van der Waals surface area contributed by atoms with Gasteiger partial charge in [-0.15, -0.1) is 0 Å². The molecule has 102 valence electrons. The van der Waals surface area contributed by atoms with Crippen molar-refractivity contribution in [2.45, 2.75) is 33.6 Å². The van der Waals surface area contributed by atoms with Gasteiger partial charge in [-0.2, -0.15) is 0 Å². The number of hydrogen-bond donors (Lipinski definition) is 1. The molecule has 5 heteroatoms. The molecular formula is C12H26N2O2S. The Morgan fingerprint density at radius 1 is 1.29 bits per heavy atom. The molecule has 4 nitrogen and oxygen atoms in total. The lowest BCUT2D eigenvalue weighted by molar-refractivity contribution is 0.358. The van der Waals surface area contributed by atoms with Gasteiger partial charge >= 0.3 is 0 Å². The van der Waals surface area contributed by atoms with Gasteiger partial charge in [0.1, 0.15) is 5.82 Å². The Kier molecular flexibility index (Phi) is 6.02. The van der Waals surface area contributed by atoms with E-state index in [2.05, 4.69) is 26.1 Å². The molecule has 0 heterocycles. The first-order valence-electron chi connectivity index (χ1n) is 5.84. The number of rotatable bonds is 6. The van der Waals surface area contributed by atoms with Crippen LogP contribution in [0.2, 0.25) is 0 Å². The molecule has 0 atom stereocenters. The summed E-state index contributed by atoms with van der Waals surface area (Å²) in [5, 5.41) is 4.42. The number of nitrogens with one attached hydrogen (secondary N) is 1. The molecule has 0 radical (unpaired) electrons. The fourth-order valence-corrected chi connectivity index (χ4v) is 2.04. The summed E-state index contributed by atoms with van der Waals surface area (Å²) in [4.78, 5) is 1.78. The molecule has 17 heavy (non-hydrogen) atoms. The summed E-state index contributed by atoms with van der Waals surface area (Å²) in [6.07, 6.45) is 3.34. The zero-order valence-electron chi connectivity index (χ0n) is 11.9. The van der Waals surface area contributed by atoms with Gasteiger partial charge in [0.2, 0.25) is 0 Å². The van der Waals surface area contributed by atoms with Crippen molar-refractivity contribution in [1.82, 2.24) is 10.2 Å². The highest BCUT2D eigenvalue weighted by atomic mass is 32.2. The van der Waals surface area contributed by atoms with E-state index in [1.54, 1.807) is 4.90 Å².